The van der Waals surface area contributed by atoms with E-state index in [0.717, 1.165) is 51.6 Å². The fourth-order valence-electron chi connectivity index (χ4n) is 2.62. The third kappa shape index (κ3) is 4.44. The first kappa shape index (κ1) is 15.2. The van der Waals surface area contributed by atoms with Gasteiger partial charge in [0.15, 0.2) is 0 Å². The molecule has 5 nitrogen and oxygen atoms in total. The normalized spacial score (nSPS) is 17.3. The van der Waals surface area contributed by atoms with Crippen LogP contribution in [-0.4, -0.2) is 61.2 Å². The van der Waals surface area contributed by atoms with E-state index in [9.17, 15) is 0 Å². The van der Waals surface area contributed by atoms with E-state index in [0.29, 0.717) is 0 Å². The van der Waals surface area contributed by atoms with Gasteiger partial charge in [-0.05, 0) is 32.0 Å². The van der Waals surface area contributed by atoms with Crippen LogP contribution in [0.15, 0.2) is 18.3 Å². The van der Waals surface area contributed by atoms with E-state index < -0.39 is 0 Å². The second-order valence-electron chi connectivity index (χ2n) is 5.29. The molecule has 1 fully saturated rings. The molecule has 20 heavy (non-hydrogen) atoms. The quantitative estimate of drug-likeness (QED) is 0.753. The Morgan fingerprint density at radius 2 is 1.95 bits per heavy atom. The molecule has 2 heterocycles. The van der Waals surface area contributed by atoms with E-state index in [1.54, 1.807) is 13.3 Å². The molecule has 0 aliphatic carbocycles. The van der Waals surface area contributed by atoms with E-state index in [4.69, 9.17) is 10.5 Å². The number of piperazine rings is 1. The van der Waals surface area contributed by atoms with Crippen LogP contribution in [0.3, 0.4) is 0 Å². The number of aromatic nitrogens is 1. The molecular formula is C15H26N4O. The molecule has 0 bridgehead atoms. The highest BCUT2D eigenvalue weighted by Gasteiger charge is 2.17. The minimum absolute atomic E-state index is 0.748. The zero-order valence-corrected chi connectivity index (χ0v) is 12.4. The van der Waals surface area contributed by atoms with Crippen molar-refractivity contribution >= 4 is 0 Å². The summed E-state index contributed by atoms with van der Waals surface area (Å²) in [5.74, 6) is 0.748. The molecule has 0 amide bonds. The van der Waals surface area contributed by atoms with E-state index >= 15 is 0 Å². The first-order valence-corrected chi connectivity index (χ1v) is 7.46. The standard InChI is InChI=1S/C15H26N4O/c1-20-15-14(5-4-7-17-15)13-19-11-9-18(10-12-19)8-3-2-6-16/h4-5,7H,2-3,6,8-13,16H2,1H3. The third-order valence-corrected chi connectivity index (χ3v) is 3.83. The Labute approximate surface area is 121 Å². The summed E-state index contributed by atoms with van der Waals surface area (Å²) in [7, 11) is 1.68. The summed E-state index contributed by atoms with van der Waals surface area (Å²) in [6.07, 6.45) is 4.12. The first-order chi connectivity index (χ1) is 9.83. The van der Waals surface area contributed by atoms with Gasteiger partial charge in [-0.2, -0.15) is 0 Å². The second kappa shape index (κ2) is 8.19. The van der Waals surface area contributed by atoms with Crippen LogP contribution >= 0.6 is 0 Å². The highest BCUT2D eigenvalue weighted by Crippen LogP contribution is 2.17. The maximum Gasteiger partial charge on any atom is 0.217 e. The Hall–Kier alpha value is -1.17. The van der Waals surface area contributed by atoms with Gasteiger partial charge in [0.05, 0.1) is 7.11 Å². The Morgan fingerprint density at radius 1 is 1.20 bits per heavy atom. The van der Waals surface area contributed by atoms with Crippen LogP contribution in [0, 0.1) is 0 Å². The van der Waals surface area contributed by atoms with Crippen molar-refractivity contribution in [2.24, 2.45) is 5.73 Å². The Bertz CT molecular complexity index is 391. The molecule has 5 heteroatoms. The average molecular weight is 278 g/mol. The average Bonchev–Trinajstić information content (AvgIpc) is 2.50. The first-order valence-electron chi connectivity index (χ1n) is 7.46. The molecule has 0 radical (unpaired) electrons. The number of rotatable bonds is 7. The van der Waals surface area contributed by atoms with Gasteiger partial charge in [-0.25, -0.2) is 4.98 Å². The SMILES string of the molecule is COc1ncccc1CN1CCN(CCCCN)CC1. The van der Waals surface area contributed by atoms with Crippen molar-refractivity contribution in [2.45, 2.75) is 19.4 Å². The number of pyridine rings is 1. The number of unbranched alkanes of at least 4 members (excludes halogenated alkanes) is 1. The van der Waals surface area contributed by atoms with Gasteiger partial charge < -0.3 is 15.4 Å². The monoisotopic (exact) mass is 278 g/mol. The highest BCUT2D eigenvalue weighted by molar-refractivity contribution is 5.25. The molecule has 1 aliphatic rings. The lowest BCUT2D eigenvalue weighted by molar-refractivity contribution is 0.125. The van der Waals surface area contributed by atoms with Crippen LogP contribution in [0.5, 0.6) is 5.88 Å². The van der Waals surface area contributed by atoms with Crippen molar-refractivity contribution in [3.8, 4) is 5.88 Å². The molecule has 112 valence electrons. The maximum atomic E-state index is 5.53. The van der Waals surface area contributed by atoms with Crippen LogP contribution in [-0.2, 0) is 6.54 Å². The van der Waals surface area contributed by atoms with Gasteiger partial charge in [0.1, 0.15) is 0 Å². The summed E-state index contributed by atoms with van der Waals surface area (Å²) in [5, 5.41) is 0. The Morgan fingerprint density at radius 3 is 2.65 bits per heavy atom. The summed E-state index contributed by atoms with van der Waals surface area (Å²) < 4.78 is 5.31. The van der Waals surface area contributed by atoms with Gasteiger partial charge in [0.25, 0.3) is 0 Å². The molecule has 0 atom stereocenters. The minimum Gasteiger partial charge on any atom is -0.481 e. The third-order valence-electron chi connectivity index (χ3n) is 3.83. The van der Waals surface area contributed by atoms with Gasteiger partial charge in [-0.3, -0.25) is 4.90 Å². The highest BCUT2D eigenvalue weighted by atomic mass is 16.5. The van der Waals surface area contributed by atoms with Crippen molar-refractivity contribution in [3.05, 3.63) is 23.9 Å². The zero-order valence-electron chi connectivity index (χ0n) is 12.4. The van der Waals surface area contributed by atoms with Crippen molar-refractivity contribution < 1.29 is 4.74 Å². The van der Waals surface area contributed by atoms with Crippen molar-refractivity contribution in [3.63, 3.8) is 0 Å². The summed E-state index contributed by atoms with van der Waals surface area (Å²) in [4.78, 5) is 9.26. The zero-order chi connectivity index (χ0) is 14.2. The summed E-state index contributed by atoms with van der Waals surface area (Å²) >= 11 is 0. The summed E-state index contributed by atoms with van der Waals surface area (Å²) in [6, 6.07) is 4.07. The molecule has 0 saturated carbocycles. The fraction of sp³-hybridized carbons (Fsp3) is 0.667. The second-order valence-corrected chi connectivity index (χ2v) is 5.29. The molecule has 1 saturated heterocycles. The Balaban J connectivity index is 1.76. The lowest BCUT2D eigenvalue weighted by atomic mass is 10.2. The molecule has 2 N–H and O–H groups in total. The number of nitrogens with zero attached hydrogens (tertiary/aromatic N) is 3. The smallest absolute Gasteiger partial charge is 0.217 e. The molecule has 1 aliphatic heterocycles. The molecule has 1 aromatic heterocycles. The molecule has 0 aromatic carbocycles. The predicted octanol–water partition coefficient (Wildman–Crippen LogP) is 0.947. The van der Waals surface area contributed by atoms with E-state index in [-0.39, 0.29) is 0 Å². The van der Waals surface area contributed by atoms with Gasteiger partial charge >= 0.3 is 0 Å². The minimum atomic E-state index is 0.748. The lowest BCUT2D eigenvalue weighted by Crippen LogP contribution is -2.46. The van der Waals surface area contributed by atoms with Crippen LogP contribution < -0.4 is 10.5 Å². The van der Waals surface area contributed by atoms with E-state index in [1.165, 1.54) is 18.5 Å². The molecule has 1 aromatic rings. The van der Waals surface area contributed by atoms with E-state index in [1.807, 2.05) is 6.07 Å². The van der Waals surface area contributed by atoms with E-state index in [2.05, 4.69) is 20.9 Å². The summed E-state index contributed by atoms with van der Waals surface area (Å²) in [5.41, 5.74) is 6.71. The molecule has 0 spiro atoms. The summed E-state index contributed by atoms with van der Waals surface area (Å²) in [6.45, 7) is 7.43. The van der Waals surface area contributed by atoms with Gasteiger partial charge in [0, 0.05) is 44.5 Å². The van der Waals surface area contributed by atoms with Crippen LogP contribution in [0.25, 0.3) is 0 Å². The van der Waals surface area contributed by atoms with Gasteiger partial charge in [0.2, 0.25) is 5.88 Å². The van der Waals surface area contributed by atoms with Crippen LogP contribution in [0.1, 0.15) is 18.4 Å². The van der Waals surface area contributed by atoms with Crippen molar-refractivity contribution in [2.75, 3.05) is 46.4 Å². The van der Waals surface area contributed by atoms with Crippen molar-refractivity contribution in [1.82, 2.24) is 14.8 Å². The van der Waals surface area contributed by atoms with Crippen molar-refractivity contribution in [1.29, 1.82) is 0 Å². The topological polar surface area (TPSA) is 54.6 Å². The van der Waals surface area contributed by atoms with Crippen LogP contribution in [0.2, 0.25) is 0 Å². The lowest BCUT2D eigenvalue weighted by Gasteiger charge is -2.34. The number of hydrogen-bond donors (Lipinski definition) is 1. The molecule has 0 unspecified atom stereocenters. The molecule has 2 rings (SSSR count). The number of nitrogens with two attached hydrogens (primary N) is 1. The number of methoxy groups -OCH3 is 1. The van der Waals surface area contributed by atoms with Gasteiger partial charge in [-0.1, -0.05) is 6.07 Å². The van der Waals surface area contributed by atoms with Gasteiger partial charge in [-0.15, -0.1) is 0 Å². The Kier molecular flexibility index (Phi) is 6.24. The van der Waals surface area contributed by atoms with Crippen LogP contribution in [0.4, 0.5) is 0 Å². The molecular weight excluding hydrogens is 252 g/mol. The fourth-order valence-corrected chi connectivity index (χ4v) is 2.62. The number of ether oxygens (including phenoxy) is 1. The predicted molar refractivity (Wildman–Crippen MR) is 80.8 cm³/mol. The largest absolute Gasteiger partial charge is 0.481 e. The maximum absolute atomic E-state index is 5.53. The number of hydrogen-bond acceptors (Lipinski definition) is 5.